The van der Waals surface area contributed by atoms with Gasteiger partial charge in [-0.3, -0.25) is 0 Å². The molecule has 0 radical (unpaired) electrons. The van der Waals surface area contributed by atoms with Crippen molar-refractivity contribution in [1.29, 1.82) is 0 Å². The van der Waals surface area contributed by atoms with E-state index < -0.39 is 5.97 Å². The van der Waals surface area contributed by atoms with E-state index in [0.29, 0.717) is 17.9 Å². The molecule has 0 aliphatic rings. The van der Waals surface area contributed by atoms with Crippen LogP contribution in [0.2, 0.25) is 0 Å². The maximum absolute atomic E-state index is 10.9. The third-order valence-electron chi connectivity index (χ3n) is 4.27. The quantitative estimate of drug-likeness (QED) is 0.282. The Hall–Kier alpha value is -0.790. The van der Waals surface area contributed by atoms with Crippen molar-refractivity contribution in [3.63, 3.8) is 0 Å². The molecular weight excluding hydrogens is 260 g/mol. The van der Waals surface area contributed by atoms with Crippen LogP contribution in [0.4, 0.5) is 0 Å². The van der Waals surface area contributed by atoms with Gasteiger partial charge in [-0.2, -0.15) is 0 Å². The van der Waals surface area contributed by atoms with E-state index >= 15 is 0 Å². The molecule has 0 spiro atoms. The number of aliphatic carboxylic acids is 1. The second kappa shape index (κ2) is 14.2. The van der Waals surface area contributed by atoms with E-state index in [1.165, 1.54) is 70.6 Å². The highest BCUT2D eigenvalue weighted by molar-refractivity contribution is 5.85. The standard InChI is InChI=1S/C19H36O2/c1-4-6-8-9-10-11-12-13-15-18(14-7-5-2)16-17(3)19(20)21/h18H,3-16H2,1-2H3,(H,20,21). The monoisotopic (exact) mass is 296 g/mol. The Morgan fingerprint density at radius 2 is 1.33 bits per heavy atom. The van der Waals surface area contributed by atoms with E-state index in [9.17, 15) is 4.79 Å². The number of carboxylic acid groups (broad SMARTS) is 1. The van der Waals surface area contributed by atoms with Crippen LogP contribution in [-0.2, 0) is 4.79 Å². The van der Waals surface area contributed by atoms with Gasteiger partial charge in [0, 0.05) is 5.57 Å². The van der Waals surface area contributed by atoms with Gasteiger partial charge in [-0.25, -0.2) is 4.79 Å². The highest BCUT2D eigenvalue weighted by Crippen LogP contribution is 2.24. The van der Waals surface area contributed by atoms with Crippen LogP contribution in [0.5, 0.6) is 0 Å². The van der Waals surface area contributed by atoms with Crippen LogP contribution in [0.15, 0.2) is 12.2 Å². The summed E-state index contributed by atoms with van der Waals surface area (Å²) < 4.78 is 0. The first-order valence-corrected chi connectivity index (χ1v) is 9.02. The Bertz CT molecular complexity index is 271. The average Bonchev–Trinajstić information content (AvgIpc) is 2.46. The molecule has 1 unspecified atom stereocenters. The third-order valence-corrected chi connectivity index (χ3v) is 4.27. The molecule has 21 heavy (non-hydrogen) atoms. The fraction of sp³-hybridized carbons (Fsp3) is 0.842. The van der Waals surface area contributed by atoms with Crippen LogP contribution in [0.3, 0.4) is 0 Å². The zero-order chi connectivity index (χ0) is 15.9. The fourth-order valence-electron chi connectivity index (χ4n) is 2.84. The van der Waals surface area contributed by atoms with Crippen molar-refractivity contribution in [2.24, 2.45) is 5.92 Å². The Morgan fingerprint density at radius 3 is 1.86 bits per heavy atom. The van der Waals surface area contributed by atoms with Crippen molar-refractivity contribution in [2.75, 3.05) is 0 Å². The second-order valence-electron chi connectivity index (χ2n) is 6.38. The molecule has 0 aromatic carbocycles. The van der Waals surface area contributed by atoms with Crippen LogP contribution in [0, 0.1) is 5.92 Å². The largest absolute Gasteiger partial charge is 0.478 e. The molecule has 0 fully saturated rings. The van der Waals surface area contributed by atoms with Gasteiger partial charge in [0.1, 0.15) is 0 Å². The van der Waals surface area contributed by atoms with E-state index in [2.05, 4.69) is 20.4 Å². The van der Waals surface area contributed by atoms with Gasteiger partial charge >= 0.3 is 5.97 Å². The summed E-state index contributed by atoms with van der Waals surface area (Å²) in [5.74, 6) is -0.305. The summed E-state index contributed by atoms with van der Waals surface area (Å²) in [5, 5.41) is 8.97. The molecule has 0 aromatic heterocycles. The summed E-state index contributed by atoms with van der Waals surface area (Å²) in [4.78, 5) is 10.9. The molecule has 2 nitrogen and oxygen atoms in total. The smallest absolute Gasteiger partial charge is 0.330 e. The van der Waals surface area contributed by atoms with Gasteiger partial charge in [0.2, 0.25) is 0 Å². The van der Waals surface area contributed by atoms with E-state index in [4.69, 9.17) is 5.11 Å². The van der Waals surface area contributed by atoms with Crippen molar-refractivity contribution in [1.82, 2.24) is 0 Å². The molecule has 1 N–H and O–H groups in total. The topological polar surface area (TPSA) is 37.3 Å². The molecule has 0 aromatic rings. The number of carboxylic acids is 1. The van der Waals surface area contributed by atoms with Gasteiger partial charge < -0.3 is 5.11 Å². The second-order valence-corrected chi connectivity index (χ2v) is 6.38. The first-order chi connectivity index (χ1) is 10.1. The van der Waals surface area contributed by atoms with E-state index in [1.807, 2.05) is 0 Å². The number of rotatable bonds is 15. The van der Waals surface area contributed by atoms with E-state index in [1.54, 1.807) is 0 Å². The normalized spacial score (nSPS) is 12.3. The summed E-state index contributed by atoms with van der Waals surface area (Å²) >= 11 is 0. The molecule has 2 heteroatoms. The molecule has 1 atom stereocenters. The SMILES string of the molecule is C=C(CC(CCCC)CCCCCCCCCC)C(=O)O. The lowest BCUT2D eigenvalue weighted by Gasteiger charge is -2.16. The minimum absolute atomic E-state index is 0.385. The molecule has 0 rings (SSSR count). The van der Waals surface area contributed by atoms with Crippen molar-refractivity contribution < 1.29 is 9.90 Å². The van der Waals surface area contributed by atoms with Crippen LogP contribution < -0.4 is 0 Å². The lowest BCUT2D eigenvalue weighted by atomic mass is 9.89. The summed E-state index contributed by atoms with van der Waals surface area (Å²) in [7, 11) is 0. The summed E-state index contributed by atoms with van der Waals surface area (Å²) in [5.41, 5.74) is 0.385. The molecule has 0 bridgehead atoms. The van der Waals surface area contributed by atoms with Crippen molar-refractivity contribution in [2.45, 2.75) is 97.3 Å². The van der Waals surface area contributed by atoms with Gasteiger partial charge in [0.15, 0.2) is 0 Å². The number of carbonyl (C=O) groups is 1. The molecule has 0 aliphatic carbocycles. The van der Waals surface area contributed by atoms with Gasteiger partial charge in [0.05, 0.1) is 0 Å². The van der Waals surface area contributed by atoms with Gasteiger partial charge in [-0.1, -0.05) is 97.5 Å². The van der Waals surface area contributed by atoms with Gasteiger partial charge in [-0.15, -0.1) is 0 Å². The summed E-state index contributed by atoms with van der Waals surface area (Å²) in [6, 6.07) is 0. The number of unbranched alkanes of at least 4 members (excludes halogenated alkanes) is 8. The fourth-order valence-corrected chi connectivity index (χ4v) is 2.84. The molecular formula is C19H36O2. The summed E-state index contributed by atoms with van der Waals surface area (Å²) in [6.07, 6.45) is 16.1. The first-order valence-electron chi connectivity index (χ1n) is 9.02. The van der Waals surface area contributed by atoms with E-state index in [0.717, 1.165) is 6.42 Å². The zero-order valence-corrected chi connectivity index (χ0v) is 14.3. The van der Waals surface area contributed by atoms with Crippen LogP contribution in [0.25, 0.3) is 0 Å². The zero-order valence-electron chi connectivity index (χ0n) is 14.3. The highest BCUT2D eigenvalue weighted by Gasteiger charge is 2.13. The maximum atomic E-state index is 10.9. The third kappa shape index (κ3) is 12.6. The van der Waals surface area contributed by atoms with Crippen molar-refractivity contribution in [3.8, 4) is 0 Å². The molecule has 0 aliphatic heterocycles. The van der Waals surface area contributed by atoms with Gasteiger partial charge in [-0.05, 0) is 12.3 Å². The van der Waals surface area contributed by atoms with Gasteiger partial charge in [0.25, 0.3) is 0 Å². The lowest BCUT2D eigenvalue weighted by molar-refractivity contribution is -0.132. The summed E-state index contributed by atoms with van der Waals surface area (Å²) in [6.45, 7) is 8.13. The lowest BCUT2D eigenvalue weighted by Crippen LogP contribution is -2.08. The molecule has 0 saturated heterocycles. The molecule has 124 valence electrons. The number of hydrogen-bond acceptors (Lipinski definition) is 1. The first kappa shape index (κ1) is 20.2. The van der Waals surface area contributed by atoms with Crippen molar-refractivity contribution >= 4 is 5.97 Å². The Labute approximate surface area is 132 Å². The van der Waals surface area contributed by atoms with Crippen LogP contribution in [-0.4, -0.2) is 11.1 Å². The predicted molar refractivity (Wildman–Crippen MR) is 91.6 cm³/mol. The minimum Gasteiger partial charge on any atom is -0.478 e. The molecule has 0 amide bonds. The molecule has 0 heterocycles. The number of hydrogen-bond donors (Lipinski definition) is 1. The van der Waals surface area contributed by atoms with Crippen LogP contribution >= 0.6 is 0 Å². The average molecular weight is 296 g/mol. The minimum atomic E-state index is -0.826. The van der Waals surface area contributed by atoms with Crippen molar-refractivity contribution in [3.05, 3.63) is 12.2 Å². The Kier molecular flexibility index (Phi) is 13.6. The maximum Gasteiger partial charge on any atom is 0.330 e. The highest BCUT2D eigenvalue weighted by atomic mass is 16.4. The van der Waals surface area contributed by atoms with Crippen LogP contribution in [0.1, 0.15) is 97.3 Å². The Morgan fingerprint density at radius 1 is 0.857 bits per heavy atom. The van der Waals surface area contributed by atoms with E-state index in [-0.39, 0.29) is 0 Å². The Balaban J connectivity index is 3.75. The molecule has 0 saturated carbocycles. The predicted octanol–water partition coefficient (Wildman–Crippen LogP) is 6.35.